The number of aromatic nitrogens is 1. The number of amides is 1. The summed E-state index contributed by atoms with van der Waals surface area (Å²) in [5.41, 5.74) is 5.18. The first kappa shape index (κ1) is 20.5. The molecule has 2 aromatic carbocycles. The largest absolute Gasteiger partial charge is 0.302 e. The van der Waals surface area contributed by atoms with Gasteiger partial charge in [0.05, 0.1) is 10.2 Å². The summed E-state index contributed by atoms with van der Waals surface area (Å²) >= 11 is 1.60. The van der Waals surface area contributed by atoms with Crippen molar-refractivity contribution in [2.75, 3.05) is 31.1 Å². The Morgan fingerprint density at radius 1 is 0.964 bits per heavy atom. The zero-order valence-electron chi connectivity index (χ0n) is 17.5. The highest BCUT2D eigenvalue weighted by atomic mass is 32.1. The van der Waals surface area contributed by atoms with Gasteiger partial charge in [-0.05, 0) is 68.8 Å². The van der Waals surface area contributed by atoms with Crippen molar-refractivity contribution in [3.05, 3.63) is 58.7 Å². The van der Waals surface area contributed by atoms with Crippen LogP contribution in [0.4, 0.5) is 5.13 Å². The maximum Gasteiger partial charge on any atom is 0.260 e. The lowest BCUT2D eigenvalue weighted by Gasteiger charge is -2.25. The number of likely N-dealkylation sites (N-methyl/N-ethyl adjacent to an activating group) is 1. The Morgan fingerprint density at radius 3 is 2.32 bits per heavy atom. The Labute approximate surface area is 171 Å². The molecule has 3 rings (SSSR count). The number of carbonyl (C=O) groups is 1. The van der Waals surface area contributed by atoms with Gasteiger partial charge in [-0.25, -0.2) is 4.98 Å². The monoisotopic (exact) mass is 395 g/mol. The Hall–Kier alpha value is -2.24. The molecule has 0 saturated heterocycles. The van der Waals surface area contributed by atoms with Gasteiger partial charge in [0.25, 0.3) is 5.91 Å². The van der Waals surface area contributed by atoms with E-state index in [4.69, 9.17) is 4.98 Å². The summed E-state index contributed by atoms with van der Waals surface area (Å²) in [6, 6.07) is 12.1. The molecule has 3 aromatic rings. The minimum atomic E-state index is 0.0257. The third kappa shape index (κ3) is 4.26. The van der Waals surface area contributed by atoms with Crippen molar-refractivity contribution in [3.8, 4) is 0 Å². The number of carbonyl (C=O) groups excluding carboxylic acids is 1. The summed E-state index contributed by atoms with van der Waals surface area (Å²) in [6.45, 7) is 13.9. The first-order chi connectivity index (χ1) is 13.4. The van der Waals surface area contributed by atoms with Crippen molar-refractivity contribution in [2.45, 2.75) is 34.6 Å². The number of hydrogen-bond acceptors (Lipinski definition) is 4. The van der Waals surface area contributed by atoms with Gasteiger partial charge in [0.1, 0.15) is 0 Å². The van der Waals surface area contributed by atoms with Crippen LogP contribution in [0, 0.1) is 20.8 Å². The number of rotatable bonds is 7. The topological polar surface area (TPSA) is 36.4 Å². The maximum absolute atomic E-state index is 13.4. The van der Waals surface area contributed by atoms with Crippen LogP contribution in [0.1, 0.15) is 40.9 Å². The molecule has 0 bridgehead atoms. The number of anilines is 1. The molecule has 0 unspecified atom stereocenters. The third-order valence-corrected chi connectivity index (χ3v) is 6.42. The Kier molecular flexibility index (Phi) is 6.47. The predicted molar refractivity (Wildman–Crippen MR) is 120 cm³/mol. The highest BCUT2D eigenvalue weighted by Crippen LogP contribution is 2.31. The average Bonchev–Trinajstić information content (AvgIpc) is 3.08. The quantitative estimate of drug-likeness (QED) is 0.551. The van der Waals surface area contributed by atoms with Crippen molar-refractivity contribution in [3.63, 3.8) is 0 Å². The molecule has 1 amide bonds. The third-order valence-electron chi connectivity index (χ3n) is 5.38. The van der Waals surface area contributed by atoms with Crippen LogP contribution in [0.5, 0.6) is 0 Å². The second-order valence-electron chi connectivity index (χ2n) is 7.20. The first-order valence-corrected chi connectivity index (χ1v) is 10.7. The predicted octanol–water partition coefficient (Wildman–Crippen LogP) is 5.21. The van der Waals surface area contributed by atoms with Gasteiger partial charge < -0.3 is 4.90 Å². The summed E-state index contributed by atoms with van der Waals surface area (Å²) < 4.78 is 1.13. The summed E-state index contributed by atoms with van der Waals surface area (Å²) in [4.78, 5) is 22.5. The van der Waals surface area contributed by atoms with Crippen molar-refractivity contribution in [1.29, 1.82) is 0 Å². The summed E-state index contributed by atoms with van der Waals surface area (Å²) in [7, 11) is 0. The van der Waals surface area contributed by atoms with E-state index in [9.17, 15) is 4.79 Å². The fraction of sp³-hybridized carbons (Fsp3) is 0.391. The number of fused-ring (bicyclic) bond motifs is 1. The zero-order chi connectivity index (χ0) is 20.3. The Bertz CT molecular complexity index is 936. The van der Waals surface area contributed by atoms with Crippen LogP contribution in [-0.4, -0.2) is 42.0 Å². The molecule has 0 saturated carbocycles. The van der Waals surface area contributed by atoms with E-state index in [1.54, 1.807) is 11.3 Å². The molecule has 0 fully saturated rings. The van der Waals surface area contributed by atoms with Crippen molar-refractivity contribution in [1.82, 2.24) is 9.88 Å². The molecule has 5 heteroatoms. The molecule has 1 heterocycles. The van der Waals surface area contributed by atoms with Crippen LogP contribution >= 0.6 is 11.3 Å². The van der Waals surface area contributed by atoms with E-state index in [0.717, 1.165) is 46.1 Å². The van der Waals surface area contributed by atoms with Crippen molar-refractivity contribution < 1.29 is 4.79 Å². The molecule has 28 heavy (non-hydrogen) atoms. The lowest BCUT2D eigenvalue weighted by Crippen LogP contribution is -2.39. The van der Waals surface area contributed by atoms with Crippen LogP contribution in [0.25, 0.3) is 10.2 Å². The average molecular weight is 396 g/mol. The molecule has 1 aromatic heterocycles. The van der Waals surface area contributed by atoms with Crippen LogP contribution in [0.2, 0.25) is 0 Å². The number of hydrogen-bond donors (Lipinski definition) is 0. The van der Waals surface area contributed by atoms with Crippen LogP contribution in [-0.2, 0) is 0 Å². The van der Waals surface area contributed by atoms with Gasteiger partial charge in [-0.15, -0.1) is 0 Å². The highest BCUT2D eigenvalue weighted by Gasteiger charge is 2.23. The van der Waals surface area contributed by atoms with E-state index in [2.05, 4.69) is 44.7 Å². The minimum Gasteiger partial charge on any atom is -0.302 e. The smallest absolute Gasteiger partial charge is 0.260 e. The Balaban J connectivity index is 2.00. The molecule has 0 aliphatic rings. The number of thiazole rings is 1. The molecule has 0 radical (unpaired) electrons. The number of benzene rings is 2. The molecular formula is C23H29N3OS. The lowest BCUT2D eigenvalue weighted by molar-refractivity contribution is 0.0983. The van der Waals surface area contributed by atoms with Crippen molar-refractivity contribution in [2.24, 2.45) is 0 Å². The van der Waals surface area contributed by atoms with Crippen LogP contribution in [0.3, 0.4) is 0 Å². The van der Waals surface area contributed by atoms with Gasteiger partial charge in [0.15, 0.2) is 5.13 Å². The maximum atomic E-state index is 13.4. The first-order valence-electron chi connectivity index (χ1n) is 9.92. The zero-order valence-corrected chi connectivity index (χ0v) is 18.3. The van der Waals surface area contributed by atoms with Crippen molar-refractivity contribution >= 4 is 32.6 Å². The normalized spacial score (nSPS) is 11.4. The summed E-state index contributed by atoms with van der Waals surface area (Å²) in [6.07, 6.45) is 0. The molecule has 4 nitrogen and oxygen atoms in total. The van der Waals surface area contributed by atoms with E-state index in [1.807, 2.05) is 36.1 Å². The second-order valence-corrected chi connectivity index (χ2v) is 8.21. The van der Waals surface area contributed by atoms with Crippen LogP contribution in [0.15, 0.2) is 36.4 Å². The molecule has 148 valence electrons. The molecule has 0 aliphatic heterocycles. The van der Waals surface area contributed by atoms with Gasteiger partial charge in [-0.1, -0.05) is 43.4 Å². The summed E-state index contributed by atoms with van der Waals surface area (Å²) in [5, 5.41) is 0.778. The highest BCUT2D eigenvalue weighted by molar-refractivity contribution is 7.22. The van der Waals surface area contributed by atoms with Gasteiger partial charge in [-0.2, -0.15) is 0 Å². The van der Waals surface area contributed by atoms with E-state index < -0.39 is 0 Å². The van der Waals surface area contributed by atoms with E-state index in [1.165, 1.54) is 11.1 Å². The van der Waals surface area contributed by atoms with E-state index in [-0.39, 0.29) is 5.91 Å². The SMILES string of the molecule is CCN(CC)CCN(C(=O)c1ccccc1C)c1nc2cc(C)c(C)cc2s1. The fourth-order valence-corrected chi connectivity index (χ4v) is 4.38. The van der Waals surface area contributed by atoms with E-state index in [0.29, 0.717) is 6.54 Å². The summed E-state index contributed by atoms with van der Waals surface area (Å²) in [5.74, 6) is 0.0257. The number of aryl methyl sites for hydroxylation is 3. The molecule has 0 N–H and O–H groups in total. The molecule has 0 aliphatic carbocycles. The molecular weight excluding hydrogens is 366 g/mol. The molecule has 0 atom stereocenters. The standard InChI is InChI=1S/C23H29N3OS/c1-6-25(7-2)12-13-26(22(27)19-11-9-8-10-16(19)3)23-24-20-14-17(4)18(5)15-21(20)28-23/h8-11,14-15H,6-7,12-13H2,1-5H3. The fourth-order valence-electron chi connectivity index (χ4n) is 3.31. The minimum absolute atomic E-state index is 0.0257. The van der Waals surface area contributed by atoms with Crippen LogP contribution < -0.4 is 4.90 Å². The second kappa shape index (κ2) is 8.84. The van der Waals surface area contributed by atoms with Gasteiger partial charge in [0.2, 0.25) is 0 Å². The number of nitrogens with zero attached hydrogens (tertiary/aromatic N) is 3. The van der Waals surface area contributed by atoms with Gasteiger partial charge in [-0.3, -0.25) is 9.69 Å². The lowest BCUT2D eigenvalue weighted by atomic mass is 10.1. The van der Waals surface area contributed by atoms with Gasteiger partial charge in [0, 0.05) is 18.7 Å². The molecule has 0 spiro atoms. The van der Waals surface area contributed by atoms with Gasteiger partial charge >= 0.3 is 0 Å². The van der Waals surface area contributed by atoms with E-state index >= 15 is 0 Å². The Morgan fingerprint density at radius 2 is 1.64 bits per heavy atom.